The summed E-state index contributed by atoms with van der Waals surface area (Å²) in [5, 5.41) is 7.87. The molecule has 1 aliphatic carbocycles. The van der Waals surface area contributed by atoms with Crippen LogP contribution in [0.1, 0.15) is 49.9 Å². The molecule has 1 aromatic rings. The molecule has 0 aromatic carbocycles. The second kappa shape index (κ2) is 9.48. The number of ether oxygens (including phenoxy) is 1. The molecule has 2 amide bonds. The van der Waals surface area contributed by atoms with E-state index in [4.69, 9.17) is 4.74 Å². The van der Waals surface area contributed by atoms with Crippen molar-refractivity contribution in [3.8, 4) is 0 Å². The van der Waals surface area contributed by atoms with E-state index >= 15 is 0 Å². The van der Waals surface area contributed by atoms with E-state index < -0.39 is 11.8 Å². The molecule has 7 heteroatoms. The van der Waals surface area contributed by atoms with Gasteiger partial charge in [-0.15, -0.1) is 11.3 Å². The van der Waals surface area contributed by atoms with E-state index in [9.17, 15) is 9.59 Å². The van der Waals surface area contributed by atoms with Crippen molar-refractivity contribution in [2.75, 3.05) is 26.3 Å². The minimum absolute atomic E-state index is 0.0605. The summed E-state index contributed by atoms with van der Waals surface area (Å²) in [7, 11) is 0. The fourth-order valence-electron chi connectivity index (χ4n) is 3.91. The van der Waals surface area contributed by atoms with Crippen LogP contribution in [-0.4, -0.2) is 55.1 Å². The third-order valence-corrected chi connectivity index (χ3v) is 6.20. The Hall–Kier alpha value is -1.44. The van der Waals surface area contributed by atoms with E-state index in [-0.39, 0.29) is 18.1 Å². The molecule has 1 aliphatic heterocycles. The van der Waals surface area contributed by atoms with Gasteiger partial charge in [-0.1, -0.05) is 25.3 Å². The fraction of sp³-hybridized carbons (Fsp3) is 0.684. The number of amides is 2. The maximum atomic E-state index is 12.4. The van der Waals surface area contributed by atoms with Gasteiger partial charge in [-0.3, -0.25) is 14.5 Å². The van der Waals surface area contributed by atoms with Gasteiger partial charge in [-0.05, 0) is 31.2 Å². The summed E-state index contributed by atoms with van der Waals surface area (Å²) >= 11 is 1.68. The van der Waals surface area contributed by atoms with Crippen LogP contribution in [0.4, 0.5) is 0 Å². The van der Waals surface area contributed by atoms with Crippen LogP contribution in [0.2, 0.25) is 0 Å². The summed E-state index contributed by atoms with van der Waals surface area (Å²) < 4.78 is 5.46. The van der Waals surface area contributed by atoms with Crippen LogP contribution in [0, 0.1) is 0 Å². The number of morpholine rings is 1. The first-order valence-corrected chi connectivity index (χ1v) is 10.5. The summed E-state index contributed by atoms with van der Waals surface area (Å²) in [4.78, 5) is 28.2. The molecule has 144 valence electrons. The molecule has 3 rings (SSSR count). The van der Waals surface area contributed by atoms with Crippen molar-refractivity contribution in [1.29, 1.82) is 0 Å². The highest BCUT2D eigenvalue weighted by Gasteiger charge is 2.31. The smallest absolute Gasteiger partial charge is 0.309 e. The first-order valence-electron chi connectivity index (χ1n) is 9.61. The molecule has 1 aromatic heterocycles. The number of nitrogens with one attached hydrogen (secondary N) is 2. The van der Waals surface area contributed by atoms with Gasteiger partial charge in [0.25, 0.3) is 0 Å². The number of carbonyl (C=O) groups excluding carboxylic acids is 2. The summed E-state index contributed by atoms with van der Waals surface area (Å²) in [6, 6.07) is 4.17. The van der Waals surface area contributed by atoms with Crippen molar-refractivity contribution in [1.82, 2.24) is 15.5 Å². The van der Waals surface area contributed by atoms with Gasteiger partial charge < -0.3 is 15.4 Å². The lowest BCUT2D eigenvalue weighted by atomic mass is 9.95. The van der Waals surface area contributed by atoms with Gasteiger partial charge >= 0.3 is 11.8 Å². The lowest BCUT2D eigenvalue weighted by Gasteiger charge is -2.37. The third kappa shape index (κ3) is 5.05. The first kappa shape index (κ1) is 19.3. The molecule has 2 aliphatic rings. The van der Waals surface area contributed by atoms with Crippen LogP contribution in [0.3, 0.4) is 0 Å². The highest BCUT2D eigenvalue weighted by molar-refractivity contribution is 7.10. The zero-order valence-electron chi connectivity index (χ0n) is 15.4. The zero-order chi connectivity index (χ0) is 18.4. The summed E-state index contributed by atoms with van der Waals surface area (Å²) in [6.45, 7) is 5.04. The molecule has 0 spiro atoms. The molecule has 6 nitrogen and oxygen atoms in total. The molecule has 26 heavy (non-hydrogen) atoms. The van der Waals surface area contributed by atoms with E-state index in [0.717, 1.165) is 38.8 Å². The molecule has 2 N–H and O–H groups in total. The number of hydrogen-bond donors (Lipinski definition) is 2. The molecule has 0 bridgehead atoms. The quantitative estimate of drug-likeness (QED) is 0.769. The Morgan fingerprint density at radius 2 is 1.92 bits per heavy atom. The molecule has 2 fully saturated rings. The molecule has 1 saturated carbocycles. The van der Waals surface area contributed by atoms with Crippen molar-refractivity contribution in [3.63, 3.8) is 0 Å². The molecule has 1 saturated heterocycles. The first-order chi connectivity index (χ1) is 12.6. The summed E-state index contributed by atoms with van der Waals surface area (Å²) in [5.41, 5.74) is 0. The number of thiophene rings is 1. The SMILES string of the molecule is C[C@@H](NC(=O)C(=O)NC1CCCCC1)[C@@H](c1cccs1)N1CCOCC1. The van der Waals surface area contributed by atoms with Gasteiger partial charge in [0, 0.05) is 30.1 Å². The minimum atomic E-state index is -0.530. The molecule has 0 unspecified atom stereocenters. The Balaban J connectivity index is 1.60. The van der Waals surface area contributed by atoms with Crippen LogP contribution < -0.4 is 10.6 Å². The maximum absolute atomic E-state index is 12.4. The van der Waals surface area contributed by atoms with Crippen molar-refractivity contribution in [2.45, 2.75) is 57.2 Å². The summed E-state index contributed by atoms with van der Waals surface area (Å²) in [5.74, 6) is -1.03. The molecule has 0 radical (unpaired) electrons. The topological polar surface area (TPSA) is 70.7 Å². The zero-order valence-corrected chi connectivity index (χ0v) is 16.2. The standard InChI is InChI=1S/C19H29N3O3S/c1-14(20-18(23)19(24)21-15-6-3-2-4-7-15)17(16-8-5-13-26-16)22-9-11-25-12-10-22/h5,8,13-15,17H,2-4,6-7,9-12H2,1H3,(H,20,23)(H,21,24)/t14-,17+/m1/s1. The monoisotopic (exact) mass is 379 g/mol. The van der Waals surface area contributed by atoms with Gasteiger partial charge in [0.1, 0.15) is 0 Å². The minimum Gasteiger partial charge on any atom is -0.379 e. The van der Waals surface area contributed by atoms with E-state index in [1.54, 1.807) is 11.3 Å². The van der Waals surface area contributed by atoms with Crippen molar-refractivity contribution in [3.05, 3.63) is 22.4 Å². The van der Waals surface area contributed by atoms with Crippen LogP contribution in [-0.2, 0) is 14.3 Å². The van der Waals surface area contributed by atoms with Gasteiger partial charge in [-0.25, -0.2) is 0 Å². The van der Waals surface area contributed by atoms with Gasteiger partial charge in [-0.2, -0.15) is 0 Å². The number of rotatable bonds is 5. The van der Waals surface area contributed by atoms with Gasteiger partial charge in [0.05, 0.1) is 19.3 Å². The number of hydrogen-bond acceptors (Lipinski definition) is 5. The molecular weight excluding hydrogens is 350 g/mol. The van der Waals surface area contributed by atoms with E-state index in [2.05, 4.69) is 21.6 Å². The average Bonchev–Trinajstić information content (AvgIpc) is 3.17. The van der Waals surface area contributed by atoms with Crippen molar-refractivity contribution in [2.24, 2.45) is 0 Å². The highest BCUT2D eigenvalue weighted by Crippen LogP contribution is 2.29. The Labute approximate surface area is 159 Å². The average molecular weight is 380 g/mol. The lowest BCUT2D eigenvalue weighted by molar-refractivity contribution is -0.140. The number of carbonyl (C=O) groups is 2. The van der Waals surface area contributed by atoms with E-state index in [1.807, 2.05) is 18.4 Å². The van der Waals surface area contributed by atoms with Crippen molar-refractivity contribution < 1.29 is 14.3 Å². The Kier molecular flexibility index (Phi) is 7.05. The molecular formula is C19H29N3O3S. The van der Waals surface area contributed by atoms with Gasteiger partial charge in [0.2, 0.25) is 0 Å². The fourth-order valence-corrected chi connectivity index (χ4v) is 4.87. The normalized spacial score (nSPS) is 21.7. The predicted octanol–water partition coefficient (Wildman–Crippen LogP) is 2.07. The number of nitrogens with zero attached hydrogens (tertiary/aromatic N) is 1. The third-order valence-electron chi connectivity index (χ3n) is 5.25. The van der Waals surface area contributed by atoms with Crippen LogP contribution in [0.25, 0.3) is 0 Å². The van der Waals surface area contributed by atoms with E-state index in [0.29, 0.717) is 13.2 Å². The summed E-state index contributed by atoms with van der Waals surface area (Å²) in [6.07, 6.45) is 5.42. The predicted molar refractivity (Wildman–Crippen MR) is 102 cm³/mol. The van der Waals surface area contributed by atoms with Crippen LogP contribution in [0.15, 0.2) is 17.5 Å². The second-order valence-electron chi connectivity index (χ2n) is 7.18. The molecule has 2 atom stereocenters. The molecule has 2 heterocycles. The van der Waals surface area contributed by atoms with Crippen LogP contribution in [0.5, 0.6) is 0 Å². The Bertz CT molecular complexity index is 581. The Morgan fingerprint density at radius 3 is 2.58 bits per heavy atom. The Morgan fingerprint density at radius 1 is 1.19 bits per heavy atom. The maximum Gasteiger partial charge on any atom is 0.309 e. The van der Waals surface area contributed by atoms with E-state index in [1.165, 1.54) is 11.3 Å². The van der Waals surface area contributed by atoms with Crippen molar-refractivity contribution >= 4 is 23.2 Å². The largest absolute Gasteiger partial charge is 0.379 e. The van der Waals surface area contributed by atoms with Crippen LogP contribution >= 0.6 is 11.3 Å². The highest BCUT2D eigenvalue weighted by atomic mass is 32.1. The second-order valence-corrected chi connectivity index (χ2v) is 8.16. The van der Waals surface area contributed by atoms with Gasteiger partial charge in [0.15, 0.2) is 0 Å². The lowest BCUT2D eigenvalue weighted by Crippen LogP contribution is -2.52.